The van der Waals surface area contributed by atoms with Crippen molar-refractivity contribution >= 4 is 12.0 Å². The van der Waals surface area contributed by atoms with Crippen molar-refractivity contribution < 1.29 is 9.90 Å². The number of carbonyl (C=O) groups is 1. The highest BCUT2D eigenvalue weighted by Crippen LogP contribution is 2.22. The lowest BCUT2D eigenvalue weighted by molar-refractivity contribution is 0.111. The molecular formula is C11H14N2O2. The van der Waals surface area contributed by atoms with Crippen LogP contribution in [0.5, 0.6) is 0 Å². The molecule has 2 heterocycles. The van der Waals surface area contributed by atoms with Gasteiger partial charge in [0.2, 0.25) is 0 Å². The first kappa shape index (κ1) is 10.1. The molecule has 1 atom stereocenters. The van der Waals surface area contributed by atoms with Gasteiger partial charge in [-0.3, -0.25) is 9.78 Å². The van der Waals surface area contributed by atoms with Gasteiger partial charge in [0.05, 0.1) is 11.9 Å². The molecule has 1 fully saturated rings. The van der Waals surface area contributed by atoms with Crippen LogP contribution < -0.4 is 4.90 Å². The fraction of sp³-hybridized carbons (Fsp3) is 0.455. The number of aliphatic hydroxyl groups excluding tert-OH is 1. The number of hydrogen-bond acceptors (Lipinski definition) is 4. The first-order valence-corrected chi connectivity index (χ1v) is 5.10. The Morgan fingerprint density at radius 1 is 1.60 bits per heavy atom. The predicted molar refractivity (Wildman–Crippen MR) is 57.0 cm³/mol. The zero-order valence-electron chi connectivity index (χ0n) is 8.47. The van der Waals surface area contributed by atoms with Crippen LogP contribution in [0.25, 0.3) is 0 Å². The van der Waals surface area contributed by atoms with E-state index < -0.39 is 0 Å². The fourth-order valence-electron chi connectivity index (χ4n) is 1.87. The smallest absolute Gasteiger partial charge is 0.168 e. The molecule has 0 bridgehead atoms. The van der Waals surface area contributed by atoms with Crippen LogP contribution in [-0.4, -0.2) is 36.1 Å². The second-order valence-corrected chi connectivity index (χ2v) is 3.84. The lowest BCUT2D eigenvalue weighted by atomic mass is 10.1. The summed E-state index contributed by atoms with van der Waals surface area (Å²) >= 11 is 0. The molecular weight excluding hydrogens is 192 g/mol. The van der Waals surface area contributed by atoms with E-state index in [1.165, 1.54) is 0 Å². The first-order valence-electron chi connectivity index (χ1n) is 5.10. The van der Waals surface area contributed by atoms with E-state index in [2.05, 4.69) is 9.88 Å². The number of aromatic nitrogens is 1. The van der Waals surface area contributed by atoms with Gasteiger partial charge >= 0.3 is 0 Å². The summed E-state index contributed by atoms with van der Waals surface area (Å²) < 4.78 is 0. The lowest BCUT2D eigenvalue weighted by Crippen LogP contribution is -2.20. The van der Waals surface area contributed by atoms with Crippen molar-refractivity contribution in [2.45, 2.75) is 6.42 Å². The van der Waals surface area contributed by atoms with Gasteiger partial charge in [-0.1, -0.05) is 0 Å². The van der Waals surface area contributed by atoms with Gasteiger partial charge in [-0.25, -0.2) is 0 Å². The zero-order valence-corrected chi connectivity index (χ0v) is 8.47. The summed E-state index contributed by atoms with van der Waals surface area (Å²) in [6, 6.07) is 3.62. The Labute approximate surface area is 88.6 Å². The molecule has 80 valence electrons. The van der Waals surface area contributed by atoms with E-state index in [-0.39, 0.29) is 6.61 Å². The minimum absolute atomic E-state index is 0.246. The molecule has 4 heteroatoms. The minimum atomic E-state index is 0.246. The monoisotopic (exact) mass is 206 g/mol. The minimum Gasteiger partial charge on any atom is -0.396 e. The summed E-state index contributed by atoms with van der Waals surface area (Å²) in [5.74, 6) is 0.371. The number of pyridine rings is 1. The number of aliphatic hydroxyl groups is 1. The van der Waals surface area contributed by atoms with Gasteiger partial charge in [0.1, 0.15) is 5.69 Å². The Bertz CT molecular complexity index is 337. The maximum atomic E-state index is 10.4. The Kier molecular flexibility index (Phi) is 2.97. The van der Waals surface area contributed by atoms with E-state index in [0.717, 1.165) is 31.5 Å². The Morgan fingerprint density at radius 3 is 3.00 bits per heavy atom. The van der Waals surface area contributed by atoms with Crippen molar-refractivity contribution in [3.05, 3.63) is 24.0 Å². The molecule has 0 radical (unpaired) electrons. The van der Waals surface area contributed by atoms with Crippen LogP contribution in [0, 0.1) is 5.92 Å². The highest BCUT2D eigenvalue weighted by Gasteiger charge is 2.21. The van der Waals surface area contributed by atoms with Gasteiger partial charge in [-0.05, 0) is 18.6 Å². The largest absolute Gasteiger partial charge is 0.396 e. The summed E-state index contributed by atoms with van der Waals surface area (Å²) in [4.78, 5) is 16.6. The maximum absolute atomic E-state index is 10.4. The van der Waals surface area contributed by atoms with Gasteiger partial charge in [-0.2, -0.15) is 0 Å². The lowest BCUT2D eigenvalue weighted by Gasteiger charge is -2.17. The zero-order chi connectivity index (χ0) is 10.7. The summed E-state index contributed by atoms with van der Waals surface area (Å²) in [6.07, 6.45) is 3.47. The van der Waals surface area contributed by atoms with Crippen LogP contribution >= 0.6 is 0 Å². The van der Waals surface area contributed by atoms with E-state index in [9.17, 15) is 4.79 Å². The summed E-state index contributed by atoms with van der Waals surface area (Å²) in [5, 5.41) is 9.02. The molecule has 0 aliphatic carbocycles. The molecule has 4 nitrogen and oxygen atoms in total. The predicted octanol–water partition coefficient (Wildman–Crippen LogP) is 0.713. The summed E-state index contributed by atoms with van der Waals surface area (Å²) in [7, 11) is 0. The number of nitrogens with zero attached hydrogens (tertiary/aromatic N) is 2. The standard InChI is InChI=1S/C11H14N2O2/c14-7-9-3-4-13(6-9)11-2-1-10(8-15)12-5-11/h1-2,5,8-9,14H,3-4,6-7H2. The first-order chi connectivity index (χ1) is 7.33. The van der Waals surface area contributed by atoms with Crippen molar-refractivity contribution in [1.29, 1.82) is 0 Å². The molecule has 1 aromatic heterocycles. The van der Waals surface area contributed by atoms with E-state index in [0.29, 0.717) is 11.6 Å². The third kappa shape index (κ3) is 2.15. The molecule has 0 spiro atoms. The molecule has 2 rings (SSSR count). The molecule has 15 heavy (non-hydrogen) atoms. The highest BCUT2D eigenvalue weighted by atomic mass is 16.3. The SMILES string of the molecule is O=Cc1ccc(N2CCC(CO)C2)cn1. The summed E-state index contributed by atoms with van der Waals surface area (Å²) in [6.45, 7) is 2.07. The number of carbonyl (C=O) groups excluding carboxylic acids is 1. The molecule has 1 saturated heterocycles. The molecule has 1 unspecified atom stereocenters. The topological polar surface area (TPSA) is 53.4 Å². The molecule has 1 N–H and O–H groups in total. The second kappa shape index (κ2) is 4.40. The van der Waals surface area contributed by atoms with Gasteiger partial charge in [-0.15, -0.1) is 0 Å². The molecule has 1 aliphatic heterocycles. The van der Waals surface area contributed by atoms with Crippen LogP contribution in [-0.2, 0) is 0 Å². The molecule has 1 aliphatic rings. The van der Waals surface area contributed by atoms with Crippen LogP contribution in [0.15, 0.2) is 18.3 Å². The van der Waals surface area contributed by atoms with E-state index >= 15 is 0 Å². The van der Waals surface area contributed by atoms with Crippen LogP contribution in [0.3, 0.4) is 0 Å². The van der Waals surface area contributed by atoms with Crippen LogP contribution in [0.4, 0.5) is 5.69 Å². The Morgan fingerprint density at radius 2 is 2.47 bits per heavy atom. The van der Waals surface area contributed by atoms with Gasteiger partial charge in [0, 0.05) is 25.6 Å². The van der Waals surface area contributed by atoms with Crippen molar-refractivity contribution in [3.8, 4) is 0 Å². The van der Waals surface area contributed by atoms with Crippen molar-refractivity contribution in [3.63, 3.8) is 0 Å². The average Bonchev–Trinajstić information content (AvgIpc) is 2.78. The Balaban J connectivity index is 2.07. The number of aldehydes is 1. The molecule has 1 aromatic rings. The van der Waals surface area contributed by atoms with Gasteiger partial charge in [0.15, 0.2) is 6.29 Å². The summed E-state index contributed by atoms with van der Waals surface area (Å²) in [5.41, 5.74) is 1.48. The van der Waals surface area contributed by atoms with Crippen molar-refractivity contribution in [2.24, 2.45) is 5.92 Å². The quantitative estimate of drug-likeness (QED) is 0.740. The van der Waals surface area contributed by atoms with Crippen LogP contribution in [0.2, 0.25) is 0 Å². The molecule has 0 aromatic carbocycles. The highest BCUT2D eigenvalue weighted by molar-refractivity contribution is 5.72. The van der Waals surface area contributed by atoms with E-state index in [1.807, 2.05) is 6.07 Å². The maximum Gasteiger partial charge on any atom is 0.168 e. The van der Waals surface area contributed by atoms with Crippen molar-refractivity contribution in [2.75, 3.05) is 24.6 Å². The normalized spacial score (nSPS) is 20.6. The number of anilines is 1. The number of hydrogen-bond donors (Lipinski definition) is 1. The second-order valence-electron chi connectivity index (χ2n) is 3.84. The third-order valence-corrected chi connectivity index (χ3v) is 2.80. The van der Waals surface area contributed by atoms with Gasteiger partial charge < -0.3 is 10.0 Å². The van der Waals surface area contributed by atoms with Crippen molar-refractivity contribution in [1.82, 2.24) is 4.98 Å². The molecule has 0 amide bonds. The van der Waals surface area contributed by atoms with Crippen LogP contribution in [0.1, 0.15) is 16.9 Å². The van der Waals surface area contributed by atoms with E-state index in [4.69, 9.17) is 5.11 Å². The average molecular weight is 206 g/mol. The van der Waals surface area contributed by atoms with E-state index in [1.54, 1.807) is 12.3 Å². The van der Waals surface area contributed by atoms with Gasteiger partial charge in [0.25, 0.3) is 0 Å². The molecule has 0 saturated carbocycles. The third-order valence-electron chi connectivity index (χ3n) is 2.80. The fourth-order valence-corrected chi connectivity index (χ4v) is 1.87. The number of rotatable bonds is 3. The Hall–Kier alpha value is -1.42.